The first-order chi connectivity index (χ1) is 14.1. The van der Waals surface area contributed by atoms with Crippen LogP contribution in [0.2, 0.25) is 0 Å². The molecular weight excluding hydrogens is 416 g/mol. The highest BCUT2D eigenvalue weighted by molar-refractivity contribution is 7.95. The normalized spacial score (nSPS) is 18.6. The number of aryl methyl sites for hydroxylation is 1. The number of carbonyl (C=O) groups is 1. The Morgan fingerprint density at radius 1 is 1.30 bits per heavy atom. The molecule has 2 aliphatic carbocycles. The van der Waals surface area contributed by atoms with Crippen molar-refractivity contribution in [2.75, 3.05) is 5.75 Å². The molecule has 0 unspecified atom stereocenters. The Hall–Kier alpha value is -1.57. The van der Waals surface area contributed by atoms with Gasteiger partial charge >= 0.3 is 0 Å². The van der Waals surface area contributed by atoms with Gasteiger partial charge in [-0.25, -0.2) is 14.0 Å². The Balaban J connectivity index is 1.53. The minimum atomic E-state index is -3.27. The molecule has 2 aromatic rings. The predicted molar refractivity (Wildman–Crippen MR) is 120 cm³/mol. The topological polar surface area (TPSA) is 91.1 Å². The molecule has 0 radical (unpaired) electrons. The van der Waals surface area contributed by atoms with Crippen molar-refractivity contribution < 1.29 is 14.1 Å². The van der Waals surface area contributed by atoms with E-state index in [0.717, 1.165) is 48.5 Å². The number of nitrogens with zero attached hydrogens (tertiary/aromatic N) is 1. The smallest absolute Gasteiger partial charge is 0.151 e. The van der Waals surface area contributed by atoms with E-state index >= 15 is 0 Å². The van der Waals surface area contributed by atoms with Gasteiger partial charge in [0.15, 0.2) is 5.78 Å². The molecule has 0 aliphatic heterocycles. The van der Waals surface area contributed by atoms with Gasteiger partial charge in [0.25, 0.3) is 0 Å². The Morgan fingerprint density at radius 3 is 2.70 bits per heavy atom. The maximum absolute atomic E-state index is 13.0. The van der Waals surface area contributed by atoms with Gasteiger partial charge in [-0.15, -0.1) is 11.3 Å². The van der Waals surface area contributed by atoms with E-state index in [0.29, 0.717) is 5.01 Å². The van der Waals surface area contributed by atoms with Crippen LogP contribution in [0, 0.1) is 10.7 Å². The van der Waals surface area contributed by atoms with Crippen LogP contribution < -0.4 is 0 Å². The van der Waals surface area contributed by atoms with Gasteiger partial charge in [0.2, 0.25) is 0 Å². The number of aliphatic hydroxyl groups is 1. The summed E-state index contributed by atoms with van der Waals surface area (Å²) >= 11 is 1.06. The average Bonchev–Trinajstić information content (AvgIpc) is 3.28. The second-order valence-corrected chi connectivity index (χ2v) is 12.6. The molecule has 1 atom stereocenters. The summed E-state index contributed by atoms with van der Waals surface area (Å²) < 4.78 is 21.6. The zero-order chi connectivity index (χ0) is 21.5. The third-order valence-corrected chi connectivity index (χ3v) is 9.95. The first-order valence-corrected chi connectivity index (χ1v) is 13.3. The molecule has 0 spiro atoms. The molecular formula is C23H30N2O3S2. The largest absolute Gasteiger partial charge is 0.383 e. The van der Waals surface area contributed by atoms with Crippen molar-refractivity contribution in [2.24, 2.45) is 5.92 Å². The van der Waals surface area contributed by atoms with Crippen LogP contribution in [-0.2, 0) is 45.8 Å². The monoisotopic (exact) mass is 446 g/mol. The first kappa shape index (κ1) is 21.7. The second kappa shape index (κ2) is 8.17. The van der Waals surface area contributed by atoms with Crippen molar-refractivity contribution in [2.45, 2.75) is 75.0 Å². The van der Waals surface area contributed by atoms with Crippen LogP contribution in [0.4, 0.5) is 0 Å². The quantitative estimate of drug-likeness (QED) is 0.628. The molecule has 1 heterocycles. The molecule has 30 heavy (non-hydrogen) atoms. The van der Waals surface area contributed by atoms with Gasteiger partial charge in [-0.3, -0.25) is 4.79 Å². The molecule has 1 saturated carbocycles. The number of fused-ring (bicyclic) bond motifs is 1. The fraction of sp³-hybridized carbons (Fsp3) is 0.565. The standard InChI is InChI=1S/C23H30N2O3S2/c1-23(2,27)22-25-13-21(29-22)30(24,28)14-18(26)12-20-17(11-15-5-3-6-15)10-9-16-7-4-8-19(16)20/h9-10,13,15,24,27H,3-8,11-12,14H2,1-2H3/t30-/m0/s1. The Labute approximate surface area is 182 Å². The van der Waals surface area contributed by atoms with Crippen molar-refractivity contribution >= 4 is 26.8 Å². The van der Waals surface area contributed by atoms with Crippen LogP contribution in [-0.4, -0.2) is 25.8 Å². The molecule has 2 aliphatic rings. The number of benzene rings is 1. The Morgan fingerprint density at radius 2 is 2.07 bits per heavy atom. The highest BCUT2D eigenvalue weighted by atomic mass is 32.2. The van der Waals surface area contributed by atoms with Crippen LogP contribution in [0.1, 0.15) is 66.8 Å². The van der Waals surface area contributed by atoms with Crippen LogP contribution >= 0.6 is 11.3 Å². The highest BCUT2D eigenvalue weighted by Gasteiger charge is 2.27. The summed E-state index contributed by atoms with van der Waals surface area (Å²) in [7, 11) is -3.27. The molecule has 0 saturated heterocycles. The van der Waals surface area contributed by atoms with E-state index in [1.807, 2.05) is 0 Å². The van der Waals surface area contributed by atoms with Crippen molar-refractivity contribution in [3.8, 4) is 0 Å². The van der Waals surface area contributed by atoms with Gasteiger partial charge < -0.3 is 5.11 Å². The third-order valence-electron chi connectivity index (χ3n) is 6.30. The summed E-state index contributed by atoms with van der Waals surface area (Å²) in [5.41, 5.74) is 3.92. The number of thiazole rings is 1. The van der Waals surface area contributed by atoms with E-state index in [1.165, 1.54) is 42.1 Å². The van der Waals surface area contributed by atoms with Crippen LogP contribution in [0.25, 0.3) is 0 Å². The highest BCUT2D eigenvalue weighted by Crippen LogP contribution is 2.35. The number of carbonyl (C=O) groups excluding carboxylic acids is 1. The zero-order valence-electron chi connectivity index (χ0n) is 17.7. The number of hydrogen-bond acceptors (Lipinski definition) is 6. The first-order valence-electron chi connectivity index (χ1n) is 10.7. The summed E-state index contributed by atoms with van der Waals surface area (Å²) in [6, 6.07) is 4.43. The molecule has 1 aromatic heterocycles. The molecule has 2 N–H and O–H groups in total. The van der Waals surface area contributed by atoms with Crippen LogP contribution in [0.3, 0.4) is 0 Å². The lowest BCUT2D eigenvalue weighted by Gasteiger charge is -2.27. The van der Waals surface area contributed by atoms with E-state index in [9.17, 15) is 14.1 Å². The van der Waals surface area contributed by atoms with Gasteiger partial charge in [0.1, 0.15) is 14.8 Å². The fourth-order valence-electron chi connectivity index (χ4n) is 4.45. The molecule has 1 aromatic carbocycles. The van der Waals surface area contributed by atoms with Gasteiger partial charge in [-0.2, -0.15) is 0 Å². The van der Waals surface area contributed by atoms with Gasteiger partial charge in [0, 0.05) is 6.42 Å². The maximum Gasteiger partial charge on any atom is 0.151 e. The number of ketones is 1. The zero-order valence-corrected chi connectivity index (χ0v) is 19.3. The number of aromatic nitrogens is 1. The van der Waals surface area contributed by atoms with Crippen molar-refractivity contribution in [1.82, 2.24) is 4.98 Å². The second-order valence-electron chi connectivity index (χ2n) is 9.27. The number of nitrogens with one attached hydrogen (secondary N) is 1. The number of rotatable bonds is 8. The number of Topliss-reactive ketones (excluding diaryl/α,β-unsaturated/α-hetero) is 1. The van der Waals surface area contributed by atoms with E-state index in [1.54, 1.807) is 13.8 Å². The molecule has 1 fully saturated rings. The maximum atomic E-state index is 13.0. The molecule has 5 nitrogen and oxygen atoms in total. The van der Waals surface area contributed by atoms with Gasteiger partial charge in [-0.05, 0) is 67.7 Å². The SMILES string of the molecule is CC(C)(O)c1ncc([S@@](=N)(=O)CC(=O)Cc2c(CC3CCC3)ccc3c2CCC3)s1. The van der Waals surface area contributed by atoms with Crippen molar-refractivity contribution in [3.05, 3.63) is 45.6 Å². The summed E-state index contributed by atoms with van der Waals surface area (Å²) in [6.07, 6.45) is 9.69. The summed E-state index contributed by atoms with van der Waals surface area (Å²) in [5.74, 6) is 0.270. The lowest BCUT2D eigenvalue weighted by Crippen LogP contribution is -2.20. The molecule has 0 bridgehead atoms. The van der Waals surface area contributed by atoms with Crippen molar-refractivity contribution in [3.63, 3.8) is 0 Å². The Kier molecular flexibility index (Phi) is 5.90. The van der Waals surface area contributed by atoms with E-state index < -0.39 is 15.3 Å². The summed E-state index contributed by atoms with van der Waals surface area (Å²) in [4.78, 5) is 17.1. The summed E-state index contributed by atoms with van der Waals surface area (Å²) in [5, 5.41) is 10.5. The predicted octanol–water partition coefficient (Wildman–Crippen LogP) is 4.42. The molecule has 4 rings (SSSR count). The minimum Gasteiger partial charge on any atom is -0.383 e. The van der Waals surface area contributed by atoms with Gasteiger partial charge in [0.05, 0.1) is 21.7 Å². The Bertz CT molecular complexity index is 1060. The third kappa shape index (κ3) is 4.53. The number of hydrogen-bond donors (Lipinski definition) is 2. The van der Waals surface area contributed by atoms with Crippen LogP contribution in [0.5, 0.6) is 0 Å². The molecule has 7 heteroatoms. The fourth-order valence-corrected chi connectivity index (χ4v) is 6.98. The lowest BCUT2D eigenvalue weighted by molar-refractivity contribution is -0.116. The lowest BCUT2D eigenvalue weighted by atomic mass is 9.79. The molecule has 0 amide bonds. The van der Waals surface area contributed by atoms with Gasteiger partial charge in [-0.1, -0.05) is 31.4 Å². The van der Waals surface area contributed by atoms with E-state index in [2.05, 4.69) is 17.1 Å². The van der Waals surface area contributed by atoms with E-state index in [4.69, 9.17) is 4.78 Å². The summed E-state index contributed by atoms with van der Waals surface area (Å²) in [6.45, 7) is 3.21. The van der Waals surface area contributed by atoms with Crippen LogP contribution in [0.15, 0.2) is 22.5 Å². The average molecular weight is 447 g/mol. The molecule has 162 valence electrons. The minimum absolute atomic E-state index is 0.150. The van der Waals surface area contributed by atoms with Crippen molar-refractivity contribution in [1.29, 1.82) is 4.78 Å². The van der Waals surface area contributed by atoms with E-state index in [-0.39, 0.29) is 22.2 Å².